The van der Waals surface area contributed by atoms with Gasteiger partial charge in [-0.1, -0.05) is 66.9 Å². The maximum atomic E-state index is 11.9. The van der Waals surface area contributed by atoms with Gasteiger partial charge in [0.1, 0.15) is 11.9 Å². The van der Waals surface area contributed by atoms with Gasteiger partial charge in [0.15, 0.2) is 0 Å². The molecule has 1 spiro atoms. The third-order valence-electron chi connectivity index (χ3n) is 18.3. The standard InChI is InChI=1S/C47H70O4/c1-28(2)9-8-10-29(3)37-14-15-39-35-13-17-43-46(7,40(35)20-22-44(37,39)5)23-24-47(51-43)27-32-25-36-31(26-41(32)50-47)11-12-34-33(36)19-21-45(6)38(34)16-18-42(45)49-30(4)48/h25-26,28-29,33-35,37-40,42-43H,8-24,27H2,1-7H3/t29-,33?,34?,35?,37?,38?,39?,40?,42+,43-,44-,45+,46-,47-/m1/s1. The Morgan fingerprint density at radius 3 is 2.35 bits per heavy atom. The van der Waals surface area contributed by atoms with E-state index in [1.165, 1.54) is 94.6 Å². The van der Waals surface area contributed by atoms with Gasteiger partial charge in [-0.05, 0) is 165 Å². The number of carbonyl (C=O) groups is 1. The fourth-order valence-electron chi connectivity index (χ4n) is 15.7. The van der Waals surface area contributed by atoms with Crippen molar-refractivity contribution in [2.75, 3.05) is 0 Å². The van der Waals surface area contributed by atoms with Crippen LogP contribution in [0.2, 0.25) is 0 Å². The molecule has 7 unspecified atom stereocenters. The number of ether oxygens (including phenoxy) is 3. The van der Waals surface area contributed by atoms with Gasteiger partial charge in [0.05, 0.1) is 6.10 Å². The molecule has 4 nitrogen and oxygen atoms in total. The summed E-state index contributed by atoms with van der Waals surface area (Å²) in [5.41, 5.74) is 5.50. The van der Waals surface area contributed by atoms with Crippen molar-refractivity contribution in [1.29, 1.82) is 0 Å². The Labute approximate surface area is 310 Å². The van der Waals surface area contributed by atoms with Crippen LogP contribution in [-0.2, 0) is 27.1 Å². The monoisotopic (exact) mass is 699 g/mol. The summed E-state index contributed by atoms with van der Waals surface area (Å²) < 4.78 is 20.3. The van der Waals surface area contributed by atoms with E-state index in [4.69, 9.17) is 14.2 Å². The van der Waals surface area contributed by atoms with Crippen LogP contribution in [0.1, 0.15) is 174 Å². The van der Waals surface area contributed by atoms with Gasteiger partial charge < -0.3 is 14.2 Å². The molecule has 0 bridgehead atoms. The molecule has 51 heavy (non-hydrogen) atoms. The molecule has 282 valence electrons. The van der Waals surface area contributed by atoms with Gasteiger partial charge in [-0.25, -0.2) is 0 Å². The minimum Gasteiger partial charge on any atom is -0.462 e. The predicted octanol–water partition coefficient (Wildman–Crippen LogP) is 11.6. The Morgan fingerprint density at radius 2 is 1.55 bits per heavy atom. The van der Waals surface area contributed by atoms with Crippen LogP contribution in [0.3, 0.4) is 0 Å². The number of benzene rings is 1. The van der Waals surface area contributed by atoms with E-state index in [1.807, 2.05) is 0 Å². The number of carbonyl (C=O) groups excluding carboxylic acids is 1. The maximum Gasteiger partial charge on any atom is 0.302 e. The zero-order valence-electron chi connectivity index (χ0n) is 33.4. The first-order valence-electron chi connectivity index (χ1n) is 22.0. The molecule has 5 saturated carbocycles. The molecule has 6 aliphatic carbocycles. The van der Waals surface area contributed by atoms with Crippen LogP contribution in [0.4, 0.5) is 0 Å². The van der Waals surface area contributed by atoms with Crippen LogP contribution >= 0.6 is 0 Å². The average molecular weight is 699 g/mol. The molecule has 0 aromatic heterocycles. The van der Waals surface area contributed by atoms with Gasteiger partial charge in [-0.2, -0.15) is 0 Å². The molecule has 0 N–H and O–H groups in total. The SMILES string of the molecule is CC(=O)O[C@H]1CCC2C3CCc4cc5c(cc4C3CC[C@@]21C)C[C@]1(CC[C@]2(C)C3CC[C@@]4(C)C(CCC4[C@H](C)CCCC(C)C)C3CC[C@H]2O1)O5. The highest BCUT2D eigenvalue weighted by Crippen LogP contribution is 2.68. The second kappa shape index (κ2) is 12.5. The number of rotatable bonds is 6. The zero-order chi connectivity index (χ0) is 35.5. The lowest BCUT2D eigenvalue weighted by atomic mass is 9.47. The normalized spacial score (nSPS) is 46.9. The lowest BCUT2D eigenvalue weighted by Gasteiger charge is -2.61. The highest BCUT2D eigenvalue weighted by molar-refractivity contribution is 5.66. The summed E-state index contributed by atoms with van der Waals surface area (Å²) in [6.45, 7) is 16.8. The molecule has 2 aliphatic heterocycles. The fraction of sp³-hybridized carbons (Fsp3) is 0.851. The van der Waals surface area contributed by atoms with Gasteiger partial charge in [-0.15, -0.1) is 0 Å². The second-order valence-electron chi connectivity index (χ2n) is 21.1. The van der Waals surface area contributed by atoms with Crippen molar-refractivity contribution in [1.82, 2.24) is 0 Å². The highest BCUT2D eigenvalue weighted by Gasteiger charge is 2.63. The third-order valence-corrected chi connectivity index (χ3v) is 18.3. The smallest absolute Gasteiger partial charge is 0.302 e. The number of hydrogen-bond acceptors (Lipinski definition) is 4. The maximum absolute atomic E-state index is 11.9. The molecule has 2 heterocycles. The third kappa shape index (κ3) is 5.45. The first kappa shape index (κ1) is 35.2. The van der Waals surface area contributed by atoms with Crippen LogP contribution < -0.4 is 4.74 Å². The number of hydrogen-bond donors (Lipinski definition) is 0. The van der Waals surface area contributed by atoms with Crippen LogP contribution in [0.5, 0.6) is 5.75 Å². The first-order valence-corrected chi connectivity index (χ1v) is 22.0. The molecule has 14 atom stereocenters. The number of aryl methyl sites for hydroxylation is 1. The summed E-state index contributed by atoms with van der Waals surface area (Å²) in [6, 6.07) is 5.02. The minimum atomic E-state index is -0.469. The Bertz CT molecular complexity index is 1520. The van der Waals surface area contributed by atoms with E-state index < -0.39 is 5.79 Å². The summed E-state index contributed by atoms with van der Waals surface area (Å²) in [7, 11) is 0. The van der Waals surface area contributed by atoms with E-state index >= 15 is 0 Å². The van der Waals surface area contributed by atoms with Gasteiger partial charge in [-0.3, -0.25) is 4.79 Å². The van der Waals surface area contributed by atoms with Crippen LogP contribution in [0.25, 0.3) is 0 Å². The Kier molecular flexibility index (Phi) is 8.61. The molecular formula is C47H70O4. The molecule has 9 rings (SSSR count). The van der Waals surface area contributed by atoms with E-state index in [9.17, 15) is 4.79 Å². The van der Waals surface area contributed by atoms with Gasteiger partial charge >= 0.3 is 5.97 Å². The average Bonchev–Trinajstić information content (AvgIpc) is 3.73. The van der Waals surface area contributed by atoms with Crippen molar-refractivity contribution in [3.05, 3.63) is 28.8 Å². The van der Waals surface area contributed by atoms with Gasteiger partial charge in [0.25, 0.3) is 0 Å². The van der Waals surface area contributed by atoms with E-state index in [0.717, 1.165) is 73.4 Å². The van der Waals surface area contributed by atoms with Crippen molar-refractivity contribution in [2.24, 2.45) is 63.6 Å². The van der Waals surface area contributed by atoms with Crippen LogP contribution in [0, 0.1) is 63.6 Å². The van der Waals surface area contributed by atoms with Crippen LogP contribution in [-0.4, -0.2) is 24.0 Å². The van der Waals surface area contributed by atoms with Crippen molar-refractivity contribution in [3.8, 4) is 5.75 Å². The van der Waals surface area contributed by atoms with Crippen LogP contribution in [0.15, 0.2) is 12.1 Å². The fourth-order valence-corrected chi connectivity index (χ4v) is 15.7. The summed E-state index contributed by atoms with van der Waals surface area (Å²) in [5.74, 6) is 7.77. The topological polar surface area (TPSA) is 44.8 Å². The molecule has 1 aromatic carbocycles. The Morgan fingerprint density at radius 1 is 0.784 bits per heavy atom. The molecule has 1 aromatic rings. The summed E-state index contributed by atoms with van der Waals surface area (Å²) in [4.78, 5) is 11.9. The lowest BCUT2D eigenvalue weighted by molar-refractivity contribution is -0.290. The lowest BCUT2D eigenvalue weighted by Crippen LogP contribution is -2.60. The molecule has 0 amide bonds. The first-order chi connectivity index (χ1) is 24.3. The minimum absolute atomic E-state index is 0.0983. The van der Waals surface area contributed by atoms with Crippen molar-refractivity contribution in [3.63, 3.8) is 0 Å². The molecule has 6 fully saturated rings. The van der Waals surface area contributed by atoms with Crippen molar-refractivity contribution < 1.29 is 19.0 Å². The zero-order valence-corrected chi connectivity index (χ0v) is 33.4. The van der Waals surface area contributed by atoms with E-state index in [1.54, 1.807) is 12.5 Å². The summed E-state index contributed by atoms with van der Waals surface area (Å²) in [6.07, 6.45) is 23.2. The van der Waals surface area contributed by atoms with Gasteiger partial charge in [0.2, 0.25) is 5.79 Å². The van der Waals surface area contributed by atoms with E-state index in [-0.39, 0.29) is 22.9 Å². The van der Waals surface area contributed by atoms with E-state index in [2.05, 4.69) is 53.7 Å². The highest BCUT2D eigenvalue weighted by atomic mass is 16.7. The predicted molar refractivity (Wildman–Crippen MR) is 204 cm³/mol. The van der Waals surface area contributed by atoms with Crippen molar-refractivity contribution >= 4 is 5.97 Å². The summed E-state index contributed by atoms with van der Waals surface area (Å²) in [5, 5.41) is 0. The second-order valence-corrected chi connectivity index (χ2v) is 21.1. The molecule has 8 aliphatic rings. The quantitative estimate of drug-likeness (QED) is 0.277. The molecule has 0 radical (unpaired) electrons. The molecule has 1 saturated heterocycles. The molecule has 4 heteroatoms. The van der Waals surface area contributed by atoms with E-state index in [0.29, 0.717) is 29.3 Å². The van der Waals surface area contributed by atoms with Crippen molar-refractivity contribution in [2.45, 2.75) is 188 Å². The number of esters is 1. The largest absolute Gasteiger partial charge is 0.462 e. The Hall–Kier alpha value is -1.55. The molecular weight excluding hydrogens is 629 g/mol. The number of fused-ring (bicyclic) bond motifs is 11. The Balaban J connectivity index is 0.880. The van der Waals surface area contributed by atoms with Gasteiger partial charge in [0, 0.05) is 30.7 Å². The summed E-state index contributed by atoms with van der Waals surface area (Å²) >= 11 is 0.